The van der Waals surface area contributed by atoms with E-state index in [9.17, 15) is 19.1 Å². The normalized spacial score (nSPS) is 12.3. The van der Waals surface area contributed by atoms with Gasteiger partial charge in [-0.15, -0.1) is 0 Å². The van der Waals surface area contributed by atoms with E-state index in [1.165, 1.54) is 23.9 Å². The summed E-state index contributed by atoms with van der Waals surface area (Å²) in [5, 5.41) is 12.3. The fraction of sp³-hybridized carbons (Fsp3) is 0.226. The van der Waals surface area contributed by atoms with E-state index < -0.39 is 24.0 Å². The molecule has 2 atom stereocenters. The molecule has 1 aromatic heterocycles. The first kappa shape index (κ1) is 31.2. The molecule has 0 aliphatic heterocycles. The number of ether oxygens (including phenoxy) is 1. The average Bonchev–Trinajstić information content (AvgIpc) is 3.41. The fourth-order valence-corrected chi connectivity index (χ4v) is 4.93. The summed E-state index contributed by atoms with van der Waals surface area (Å²) in [6.45, 7) is 1.95. The largest absolute Gasteiger partial charge is 1.00 e. The SMILES string of the molecule is COC(c1ccc(C(=O)NC(CCSC)C(=O)O)c(-c2ccccc2C)c1)c1ccc(-c2cccc(F)c2)o1.[H-].[Li+]. The van der Waals surface area contributed by atoms with E-state index in [4.69, 9.17) is 9.15 Å². The van der Waals surface area contributed by atoms with Gasteiger partial charge >= 0.3 is 24.8 Å². The Kier molecular flexibility index (Phi) is 11.2. The number of halogens is 1. The predicted octanol–water partition coefficient (Wildman–Crippen LogP) is 3.85. The number of amides is 1. The Morgan fingerprint density at radius 1 is 1.05 bits per heavy atom. The maximum atomic E-state index is 13.7. The number of benzene rings is 3. The summed E-state index contributed by atoms with van der Waals surface area (Å²) in [7, 11) is 1.56. The van der Waals surface area contributed by atoms with Gasteiger partial charge < -0.3 is 21.0 Å². The van der Waals surface area contributed by atoms with Gasteiger partial charge in [0.15, 0.2) is 0 Å². The minimum Gasteiger partial charge on any atom is -1.00 e. The molecule has 204 valence electrons. The number of thioether (sulfide) groups is 1. The van der Waals surface area contributed by atoms with Gasteiger partial charge in [-0.3, -0.25) is 4.79 Å². The molecule has 0 spiro atoms. The molecule has 0 aliphatic rings. The summed E-state index contributed by atoms with van der Waals surface area (Å²) in [6, 6.07) is 21.7. The number of methoxy groups -OCH3 is 1. The number of carboxylic acid groups (broad SMARTS) is 1. The van der Waals surface area contributed by atoms with Gasteiger partial charge in [0.05, 0.1) is 0 Å². The second kappa shape index (κ2) is 14.4. The summed E-state index contributed by atoms with van der Waals surface area (Å²) >= 11 is 1.52. The summed E-state index contributed by atoms with van der Waals surface area (Å²) < 4.78 is 25.6. The number of carbonyl (C=O) groups excluding carboxylic acids is 1. The molecule has 0 aliphatic carbocycles. The second-order valence-electron chi connectivity index (χ2n) is 9.09. The molecule has 3 aromatic carbocycles. The van der Waals surface area contributed by atoms with Crippen LogP contribution in [0.1, 0.15) is 41.2 Å². The first-order valence-electron chi connectivity index (χ1n) is 12.4. The van der Waals surface area contributed by atoms with E-state index >= 15 is 0 Å². The molecule has 4 aromatic rings. The number of hydrogen-bond acceptors (Lipinski definition) is 5. The predicted molar refractivity (Wildman–Crippen MR) is 153 cm³/mol. The third-order valence-electron chi connectivity index (χ3n) is 6.47. The Labute approximate surface area is 251 Å². The molecule has 0 saturated heterocycles. The van der Waals surface area contributed by atoms with Crippen molar-refractivity contribution in [3.05, 3.63) is 107 Å². The number of hydrogen-bond donors (Lipinski definition) is 2. The maximum absolute atomic E-state index is 13.7. The standard InChI is InChI=1S/C31H30FNO5S.Li.H/c1-19-7-4-5-10-23(19)25-18-21(11-12-24(25)30(34)33-26(31(35)36)15-16-39-3)29(37-2)28-14-13-27(38-28)20-8-6-9-22(32)17-20;;/h4-14,17-18,26,29H,15-16H2,1-3H3,(H,33,34)(H,35,36);;/q;+1;-1. The van der Waals surface area contributed by atoms with Crippen LogP contribution in [-0.4, -0.2) is 42.1 Å². The van der Waals surface area contributed by atoms with Gasteiger partial charge in [0.25, 0.3) is 5.91 Å². The summed E-state index contributed by atoms with van der Waals surface area (Å²) in [5.74, 6) is -0.258. The Balaban J connectivity index is 0.00000294. The first-order valence-corrected chi connectivity index (χ1v) is 13.8. The number of carboxylic acids is 1. The summed E-state index contributed by atoms with van der Waals surface area (Å²) in [5.41, 5.74) is 4.16. The molecule has 0 saturated carbocycles. The molecule has 6 nitrogen and oxygen atoms in total. The van der Waals surface area contributed by atoms with Crippen molar-refractivity contribution in [1.29, 1.82) is 0 Å². The van der Waals surface area contributed by atoms with Crippen LogP contribution in [0.3, 0.4) is 0 Å². The molecule has 2 N–H and O–H groups in total. The van der Waals surface area contributed by atoms with Crippen molar-refractivity contribution in [2.24, 2.45) is 0 Å². The number of aryl methyl sites for hydroxylation is 1. The zero-order valence-electron chi connectivity index (χ0n) is 23.9. The monoisotopic (exact) mass is 555 g/mol. The van der Waals surface area contributed by atoms with Crippen LogP contribution < -0.4 is 24.2 Å². The van der Waals surface area contributed by atoms with Gasteiger partial charge in [0, 0.05) is 18.2 Å². The van der Waals surface area contributed by atoms with Gasteiger partial charge in [0.1, 0.15) is 29.5 Å². The van der Waals surface area contributed by atoms with E-state index in [0.717, 1.165) is 16.7 Å². The molecule has 40 heavy (non-hydrogen) atoms. The van der Waals surface area contributed by atoms with Crippen molar-refractivity contribution < 1.29 is 48.5 Å². The van der Waals surface area contributed by atoms with E-state index in [0.29, 0.717) is 40.4 Å². The second-order valence-corrected chi connectivity index (χ2v) is 10.1. The van der Waals surface area contributed by atoms with Crippen LogP contribution in [0, 0.1) is 12.7 Å². The van der Waals surface area contributed by atoms with E-state index in [1.807, 2.05) is 43.5 Å². The molecule has 4 rings (SSSR count). The number of nitrogens with one attached hydrogen (secondary N) is 1. The van der Waals surface area contributed by atoms with Crippen LogP contribution in [-0.2, 0) is 9.53 Å². The van der Waals surface area contributed by atoms with Gasteiger partial charge in [0.2, 0.25) is 0 Å². The Hall–Kier alpha value is -3.28. The quantitative estimate of drug-likeness (QED) is 0.274. The Morgan fingerprint density at radius 2 is 1.82 bits per heavy atom. The molecule has 0 radical (unpaired) electrons. The molecule has 0 bridgehead atoms. The molecule has 1 heterocycles. The van der Waals surface area contributed by atoms with Crippen LogP contribution in [0.5, 0.6) is 0 Å². The third kappa shape index (κ3) is 7.26. The summed E-state index contributed by atoms with van der Waals surface area (Å²) in [4.78, 5) is 25.1. The van der Waals surface area contributed by atoms with Crippen molar-refractivity contribution in [1.82, 2.24) is 5.32 Å². The minimum absolute atomic E-state index is 0. The zero-order chi connectivity index (χ0) is 27.9. The molecular weight excluding hydrogens is 524 g/mol. The molecule has 1 amide bonds. The van der Waals surface area contributed by atoms with Gasteiger partial charge in [-0.1, -0.05) is 42.5 Å². The number of furan rings is 1. The Bertz CT molecular complexity index is 1480. The van der Waals surface area contributed by atoms with E-state index in [1.54, 1.807) is 43.5 Å². The van der Waals surface area contributed by atoms with Crippen molar-refractivity contribution in [2.45, 2.75) is 25.5 Å². The fourth-order valence-electron chi connectivity index (χ4n) is 4.46. The number of carbonyl (C=O) groups is 2. The molecule has 9 heteroatoms. The number of rotatable bonds is 11. The first-order chi connectivity index (χ1) is 18.8. The van der Waals surface area contributed by atoms with E-state index in [-0.39, 0.29) is 26.1 Å². The molecular formula is C31H31FLiNO5S. The van der Waals surface area contributed by atoms with Crippen LogP contribution >= 0.6 is 11.8 Å². The molecule has 2 unspecified atom stereocenters. The minimum atomic E-state index is -1.07. The topological polar surface area (TPSA) is 88.8 Å². The third-order valence-corrected chi connectivity index (χ3v) is 7.11. The van der Waals surface area contributed by atoms with Crippen LogP contribution in [0.25, 0.3) is 22.5 Å². The van der Waals surface area contributed by atoms with Crippen molar-refractivity contribution in [2.75, 3.05) is 19.1 Å². The van der Waals surface area contributed by atoms with Crippen LogP contribution in [0.2, 0.25) is 0 Å². The molecule has 0 fully saturated rings. The maximum Gasteiger partial charge on any atom is 1.00 e. The Morgan fingerprint density at radius 3 is 2.50 bits per heavy atom. The van der Waals surface area contributed by atoms with Gasteiger partial charge in [-0.05, 0) is 84.0 Å². The van der Waals surface area contributed by atoms with E-state index in [2.05, 4.69) is 5.32 Å². The summed E-state index contributed by atoms with van der Waals surface area (Å²) in [6.07, 6.45) is 1.61. The van der Waals surface area contributed by atoms with Crippen LogP contribution in [0.15, 0.2) is 83.3 Å². The zero-order valence-corrected chi connectivity index (χ0v) is 23.8. The number of aliphatic carboxylic acids is 1. The van der Waals surface area contributed by atoms with Crippen molar-refractivity contribution >= 4 is 23.6 Å². The van der Waals surface area contributed by atoms with Crippen LogP contribution in [0.4, 0.5) is 4.39 Å². The van der Waals surface area contributed by atoms with Crippen molar-refractivity contribution in [3.8, 4) is 22.5 Å². The smallest absolute Gasteiger partial charge is 1.00 e. The van der Waals surface area contributed by atoms with Gasteiger partial charge in [-0.2, -0.15) is 11.8 Å². The van der Waals surface area contributed by atoms with Gasteiger partial charge in [-0.25, -0.2) is 9.18 Å². The average molecular weight is 556 g/mol. The van der Waals surface area contributed by atoms with Crippen molar-refractivity contribution in [3.63, 3.8) is 0 Å².